The molecule has 1 aromatic carbocycles. The number of thioether (sulfide) groups is 1. The Morgan fingerprint density at radius 3 is 1.91 bits per heavy atom. The van der Waals surface area contributed by atoms with Gasteiger partial charge in [0.05, 0.1) is 5.56 Å². The van der Waals surface area contributed by atoms with Crippen molar-refractivity contribution in [2.45, 2.75) is 50.0 Å². The summed E-state index contributed by atoms with van der Waals surface area (Å²) in [6, 6.07) is 5.33. The van der Waals surface area contributed by atoms with Crippen molar-refractivity contribution in [3.05, 3.63) is 29.8 Å². The summed E-state index contributed by atoms with van der Waals surface area (Å²) >= 11 is 0.0810. The van der Waals surface area contributed by atoms with Crippen molar-refractivity contribution in [2.24, 2.45) is 0 Å². The zero-order valence-corrected chi connectivity index (χ0v) is 15.4. The maximum Gasteiger partial charge on any atom is 0.461 e. The molecule has 0 aliphatic carbocycles. The lowest BCUT2D eigenvalue weighted by atomic mass is 10.2. The molecular formula is C15H19F3O3SSi. The molecule has 0 N–H and O–H groups in total. The number of alkyl halides is 3. The molecule has 0 aromatic heterocycles. The highest BCUT2D eigenvalue weighted by molar-refractivity contribution is 8.13. The lowest BCUT2D eigenvalue weighted by Crippen LogP contribution is -2.42. The Bertz CT molecular complexity index is 589. The first-order valence-corrected chi connectivity index (χ1v) is 10.6. The van der Waals surface area contributed by atoms with Crippen LogP contribution in [0.4, 0.5) is 13.2 Å². The molecule has 0 fully saturated rings. The smallest absolute Gasteiger partial charge is 0.461 e. The van der Waals surface area contributed by atoms with Crippen molar-refractivity contribution >= 4 is 31.2 Å². The van der Waals surface area contributed by atoms with E-state index in [9.17, 15) is 22.8 Å². The third kappa shape index (κ3) is 5.38. The van der Waals surface area contributed by atoms with Crippen LogP contribution < -0.4 is 0 Å². The molecule has 128 valence electrons. The van der Waals surface area contributed by atoms with Crippen LogP contribution in [0.25, 0.3) is 0 Å². The van der Waals surface area contributed by atoms with Gasteiger partial charge in [0, 0.05) is 4.90 Å². The number of carbonyl (C=O) groups excluding carboxylic acids is 2. The number of hydrogen-bond donors (Lipinski definition) is 0. The molecule has 0 aliphatic rings. The molecule has 23 heavy (non-hydrogen) atoms. The summed E-state index contributed by atoms with van der Waals surface area (Å²) in [4.78, 5) is 23.2. The Morgan fingerprint density at radius 2 is 1.52 bits per heavy atom. The Labute approximate surface area is 138 Å². The van der Waals surface area contributed by atoms with Gasteiger partial charge in [0.15, 0.2) is 0 Å². The molecule has 0 aliphatic heterocycles. The monoisotopic (exact) mass is 364 g/mol. The van der Waals surface area contributed by atoms with Crippen molar-refractivity contribution in [1.29, 1.82) is 0 Å². The number of halogens is 3. The summed E-state index contributed by atoms with van der Waals surface area (Å²) in [5, 5.41) is -2.04. The number of rotatable bonds is 3. The fourth-order valence-corrected chi connectivity index (χ4v) is 2.76. The Hall–Kier alpha value is -1.28. The molecule has 0 atom stereocenters. The zero-order chi connectivity index (χ0) is 18.1. The third-order valence-corrected chi connectivity index (χ3v) is 8.92. The number of carbonyl (C=O) groups is 2. The molecule has 0 spiro atoms. The molecule has 0 unspecified atom stereocenters. The van der Waals surface area contributed by atoms with Gasteiger partial charge < -0.3 is 4.43 Å². The van der Waals surface area contributed by atoms with Crippen LogP contribution in [-0.4, -0.2) is 25.6 Å². The van der Waals surface area contributed by atoms with Crippen molar-refractivity contribution < 1.29 is 27.2 Å². The molecule has 0 saturated carbocycles. The van der Waals surface area contributed by atoms with Gasteiger partial charge in [-0.3, -0.25) is 4.79 Å². The van der Waals surface area contributed by atoms with Gasteiger partial charge in [-0.15, -0.1) is 0 Å². The minimum atomic E-state index is -4.88. The molecule has 0 saturated heterocycles. The Kier molecular flexibility index (Phi) is 5.74. The predicted octanol–water partition coefficient (Wildman–Crippen LogP) is 5.03. The maximum atomic E-state index is 12.2. The lowest BCUT2D eigenvalue weighted by molar-refractivity contribution is -0.160. The highest BCUT2D eigenvalue weighted by atomic mass is 32.2. The molecule has 0 amide bonds. The van der Waals surface area contributed by atoms with Crippen LogP contribution in [0, 0.1) is 0 Å². The molecule has 0 bridgehead atoms. The Balaban J connectivity index is 2.81. The standard InChI is InChI=1S/C15H19F3O3SSi/c1-14(2,3)23(4,5)21-12(19)10-6-8-11(9-7-10)22-13(20)15(16,17)18/h6-9H,1-5H3. The van der Waals surface area contributed by atoms with E-state index in [4.69, 9.17) is 4.43 Å². The summed E-state index contributed by atoms with van der Waals surface area (Å²) in [5.41, 5.74) is 0.249. The second-order valence-electron chi connectivity index (χ2n) is 6.56. The molecule has 3 nitrogen and oxygen atoms in total. The van der Waals surface area contributed by atoms with Crippen LogP contribution >= 0.6 is 11.8 Å². The van der Waals surface area contributed by atoms with E-state index in [2.05, 4.69) is 0 Å². The van der Waals surface area contributed by atoms with Crippen molar-refractivity contribution in [3.8, 4) is 0 Å². The molecule has 1 aromatic rings. The number of hydrogen-bond acceptors (Lipinski definition) is 4. The topological polar surface area (TPSA) is 43.4 Å². The average Bonchev–Trinajstić information content (AvgIpc) is 2.36. The molecule has 1 rings (SSSR count). The summed E-state index contributed by atoms with van der Waals surface area (Å²) in [5.74, 6) is -0.504. The van der Waals surface area contributed by atoms with Crippen LogP contribution in [0.15, 0.2) is 29.2 Å². The third-order valence-electron chi connectivity index (χ3n) is 3.69. The Morgan fingerprint density at radius 1 is 1.04 bits per heavy atom. The van der Waals surface area contributed by atoms with Crippen molar-refractivity contribution in [2.75, 3.05) is 0 Å². The molecule has 0 radical (unpaired) electrons. The van der Waals surface area contributed by atoms with Gasteiger partial charge in [0.2, 0.25) is 0 Å². The second kappa shape index (κ2) is 6.68. The zero-order valence-electron chi connectivity index (χ0n) is 13.6. The van der Waals surface area contributed by atoms with Crippen LogP contribution in [0.5, 0.6) is 0 Å². The molecular weight excluding hydrogens is 345 g/mol. The van der Waals surface area contributed by atoms with E-state index in [-0.39, 0.29) is 27.3 Å². The average molecular weight is 364 g/mol. The minimum Gasteiger partial charge on any atom is -0.516 e. The highest BCUT2D eigenvalue weighted by Gasteiger charge is 2.41. The van der Waals surface area contributed by atoms with E-state index in [1.165, 1.54) is 24.3 Å². The van der Waals surface area contributed by atoms with E-state index in [0.29, 0.717) is 0 Å². The summed E-state index contributed by atoms with van der Waals surface area (Å²) < 4.78 is 42.2. The van der Waals surface area contributed by atoms with E-state index in [1.54, 1.807) is 0 Å². The summed E-state index contributed by atoms with van der Waals surface area (Å²) in [6.07, 6.45) is -4.88. The maximum absolute atomic E-state index is 12.2. The van der Waals surface area contributed by atoms with E-state index >= 15 is 0 Å². The summed E-state index contributed by atoms with van der Waals surface area (Å²) in [7, 11) is -2.27. The van der Waals surface area contributed by atoms with Crippen LogP contribution in [0.3, 0.4) is 0 Å². The van der Waals surface area contributed by atoms with Crippen molar-refractivity contribution in [1.82, 2.24) is 0 Å². The van der Waals surface area contributed by atoms with Gasteiger partial charge >= 0.3 is 12.1 Å². The minimum absolute atomic E-state index is 0.0810. The van der Waals surface area contributed by atoms with Gasteiger partial charge in [-0.25, -0.2) is 4.79 Å². The van der Waals surface area contributed by atoms with Crippen LogP contribution in [0.2, 0.25) is 18.1 Å². The SMILES string of the molecule is CC(C)(C)[Si](C)(C)OC(=O)c1ccc(SC(=O)C(F)(F)F)cc1. The van der Waals surface area contributed by atoms with Crippen LogP contribution in [-0.2, 0) is 9.22 Å². The van der Waals surface area contributed by atoms with Gasteiger partial charge in [0.25, 0.3) is 13.4 Å². The quantitative estimate of drug-likeness (QED) is 0.557. The van der Waals surface area contributed by atoms with Crippen molar-refractivity contribution in [3.63, 3.8) is 0 Å². The predicted molar refractivity (Wildman–Crippen MR) is 86.0 cm³/mol. The lowest BCUT2D eigenvalue weighted by Gasteiger charge is -2.35. The first-order chi connectivity index (χ1) is 10.2. The number of benzene rings is 1. The van der Waals surface area contributed by atoms with E-state index in [0.717, 1.165) is 0 Å². The fourth-order valence-electron chi connectivity index (χ4n) is 1.27. The fraction of sp³-hybridized carbons (Fsp3) is 0.467. The highest BCUT2D eigenvalue weighted by Crippen LogP contribution is 2.37. The van der Waals surface area contributed by atoms with Crippen LogP contribution in [0.1, 0.15) is 31.1 Å². The van der Waals surface area contributed by atoms with E-state index < -0.39 is 25.6 Å². The van der Waals surface area contributed by atoms with Gasteiger partial charge in [0.1, 0.15) is 0 Å². The van der Waals surface area contributed by atoms with Gasteiger partial charge in [-0.1, -0.05) is 20.8 Å². The second-order valence-corrected chi connectivity index (χ2v) is 12.3. The van der Waals surface area contributed by atoms with Gasteiger partial charge in [-0.05, 0) is 54.2 Å². The first kappa shape index (κ1) is 19.8. The normalized spacial score (nSPS) is 12.9. The molecule has 0 heterocycles. The summed E-state index contributed by atoms with van der Waals surface area (Å²) in [6.45, 7) is 9.84. The largest absolute Gasteiger partial charge is 0.516 e. The first-order valence-electron chi connectivity index (χ1n) is 6.86. The van der Waals surface area contributed by atoms with E-state index in [1.807, 2.05) is 33.9 Å². The molecule has 8 heteroatoms. The van der Waals surface area contributed by atoms with Gasteiger partial charge in [-0.2, -0.15) is 13.2 Å².